The molecule has 0 unspecified atom stereocenters. The summed E-state index contributed by atoms with van der Waals surface area (Å²) in [5, 5.41) is 12.1. The first-order chi connectivity index (χ1) is 7.70. The molecule has 0 spiro atoms. The number of carboxylic acid groups (broad SMARTS) is 1. The Morgan fingerprint density at radius 2 is 2.31 bits per heavy atom. The van der Waals surface area contributed by atoms with E-state index in [1.54, 1.807) is 24.3 Å². The molecule has 2 N–H and O–H groups in total. The highest BCUT2D eigenvalue weighted by atomic mass is 16.5. The first-order valence-corrected chi connectivity index (χ1v) is 4.92. The standard InChI is InChI=1S/C12H15NO3/c1-13-8-4-6-9-5-3-7-10(16-2)11(9)12(14)15/h3-7,13H,8H2,1-2H3,(H,14,15). The maximum atomic E-state index is 11.1. The Morgan fingerprint density at radius 3 is 2.88 bits per heavy atom. The zero-order valence-corrected chi connectivity index (χ0v) is 9.36. The molecular weight excluding hydrogens is 206 g/mol. The summed E-state index contributed by atoms with van der Waals surface area (Å²) in [6, 6.07) is 5.15. The molecule has 1 aromatic rings. The van der Waals surface area contributed by atoms with E-state index >= 15 is 0 Å². The highest BCUT2D eigenvalue weighted by Gasteiger charge is 2.13. The van der Waals surface area contributed by atoms with E-state index in [0.717, 1.165) is 0 Å². The van der Waals surface area contributed by atoms with Crippen molar-refractivity contribution in [3.8, 4) is 5.75 Å². The Morgan fingerprint density at radius 1 is 1.56 bits per heavy atom. The fourth-order valence-corrected chi connectivity index (χ4v) is 1.39. The van der Waals surface area contributed by atoms with Gasteiger partial charge in [-0.3, -0.25) is 0 Å². The molecule has 0 heterocycles. The zero-order chi connectivity index (χ0) is 12.0. The Kier molecular flexibility index (Phi) is 4.54. The van der Waals surface area contributed by atoms with Gasteiger partial charge in [0, 0.05) is 6.54 Å². The third-order valence-electron chi connectivity index (χ3n) is 2.11. The van der Waals surface area contributed by atoms with Crippen LogP contribution < -0.4 is 10.1 Å². The van der Waals surface area contributed by atoms with Crippen LogP contribution in [0.1, 0.15) is 15.9 Å². The predicted octanol–water partition coefficient (Wildman–Crippen LogP) is 1.63. The van der Waals surface area contributed by atoms with E-state index in [0.29, 0.717) is 17.9 Å². The monoisotopic (exact) mass is 221 g/mol. The van der Waals surface area contributed by atoms with Gasteiger partial charge < -0.3 is 15.2 Å². The lowest BCUT2D eigenvalue weighted by Crippen LogP contribution is -2.05. The second kappa shape index (κ2) is 5.92. The van der Waals surface area contributed by atoms with E-state index in [1.807, 2.05) is 13.1 Å². The van der Waals surface area contributed by atoms with Gasteiger partial charge in [0.15, 0.2) is 0 Å². The van der Waals surface area contributed by atoms with Crippen LogP contribution in [-0.4, -0.2) is 31.8 Å². The van der Waals surface area contributed by atoms with Crippen molar-refractivity contribution in [3.63, 3.8) is 0 Å². The molecule has 4 heteroatoms. The summed E-state index contributed by atoms with van der Waals surface area (Å²) in [6.07, 6.45) is 3.63. The normalized spacial score (nSPS) is 10.6. The minimum Gasteiger partial charge on any atom is -0.496 e. The number of likely N-dealkylation sites (N-methyl/N-ethyl adjacent to an activating group) is 1. The fraction of sp³-hybridized carbons (Fsp3) is 0.250. The molecule has 86 valence electrons. The molecule has 0 aliphatic heterocycles. The second-order valence-electron chi connectivity index (χ2n) is 3.19. The van der Waals surface area contributed by atoms with Gasteiger partial charge in [-0.05, 0) is 18.7 Å². The van der Waals surface area contributed by atoms with E-state index < -0.39 is 5.97 Å². The zero-order valence-electron chi connectivity index (χ0n) is 9.36. The molecule has 0 radical (unpaired) electrons. The van der Waals surface area contributed by atoms with Crippen molar-refractivity contribution < 1.29 is 14.6 Å². The smallest absolute Gasteiger partial charge is 0.340 e. The van der Waals surface area contributed by atoms with E-state index in [9.17, 15) is 4.79 Å². The van der Waals surface area contributed by atoms with Crippen LogP contribution in [0, 0.1) is 0 Å². The topological polar surface area (TPSA) is 58.6 Å². The van der Waals surface area contributed by atoms with Gasteiger partial charge in [-0.2, -0.15) is 0 Å². The van der Waals surface area contributed by atoms with Gasteiger partial charge >= 0.3 is 5.97 Å². The van der Waals surface area contributed by atoms with Gasteiger partial charge in [-0.25, -0.2) is 4.79 Å². The fourth-order valence-electron chi connectivity index (χ4n) is 1.39. The molecule has 1 rings (SSSR count). The number of carbonyl (C=O) groups is 1. The SMILES string of the molecule is CNCC=Cc1cccc(OC)c1C(=O)O. The number of ether oxygens (including phenoxy) is 1. The highest BCUT2D eigenvalue weighted by molar-refractivity contribution is 5.95. The lowest BCUT2D eigenvalue weighted by Gasteiger charge is -2.07. The van der Waals surface area contributed by atoms with E-state index in [1.165, 1.54) is 7.11 Å². The van der Waals surface area contributed by atoms with Crippen molar-refractivity contribution in [1.82, 2.24) is 5.32 Å². The molecular formula is C12H15NO3. The number of rotatable bonds is 5. The van der Waals surface area contributed by atoms with Gasteiger partial charge in [0.05, 0.1) is 7.11 Å². The molecule has 0 aliphatic rings. The molecule has 0 aromatic heterocycles. The van der Waals surface area contributed by atoms with Crippen molar-refractivity contribution >= 4 is 12.0 Å². The third kappa shape index (κ3) is 2.84. The Balaban J connectivity index is 3.12. The van der Waals surface area contributed by atoms with Crippen molar-refractivity contribution in [2.24, 2.45) is 0 Å². The minimum absolute atomic E-state index is 0.192. The maximum absolute atomic E-state index is 11.1. The lowest BCUT2D eigenvalue weighted by atomic mass is 10.1. The molecule has 0 amide bonds. The number of carboxylic acids is 1. The summed E-state index contributed by atoms with van der Waals surface area (Å²) < 4.78 is 5.02. The largest absolute Gasteiger partial charge is 0.496 e. The molecule has 16 heavy (non-hydrogen) atoms. The number of hydrogen-bond acceptors (Lipinski definition) is 3. The van der Waals surface area contributed by atoms with E-state index in [-0.39, 0.29) is 5.56 Å². The van der Waals surface area contributed by atoms with Gasteiger partial charge in [0.1, 0.15) is 11.3 Å². The highest BCUT2D eigenvalue weighted by Crippen LogP contribution is 2.23. The summed E-state index contributed by atoms with van der Waals surface area (Å²) in [5.74, 6) is -0.610. The van der Waals surface area contributed by atoms with Gasteiger partial charge in [-0.1, -0.05) is 24.3 Å². The van der Waals surface area contributed by atoms with Crippen LogP contribution in [0.4, 0.5) is 0 Å². The maximum Gasteiger partial charge on any atom is 0.340 e. The summed E-state index contributed by atoms with van der Waals surface area (Å²) in [5.41, 5.74) is 0.833. The number of nitrogens with one attached hydrogen (secondary N) is 1. The average molecular weight is 221 g/mol. The van der Waals surface area contributed by atoms with E-state index in [2.05, 4.69) is 5.32 Å². The third-order valence-corrected chi connectivity index (χ3v) is 2.11. The number of benzene rings is 1. The molecule has 0 atom stereocenters. The summed E-state index contributed by atoms with van der Waals surface area (Å²) >= 11 is 0. The van der Waals surface area contributed by atoms with E-state index in [4.69, 9.17) is 9.84 Å². The molecule has 0 saturated carbocycles. The van der Waals surface area contributed by atoms with Crippen LogP contribution in [0.15, 0.2) is 24.3 Å². The number of methoxy groups -OCH3 is 1. The van der Waals surface area contributed by atoms with Crippen LogP contribution in [0.3, 0.4) is 0 Å². The second-order valence-corrected chi connectivity index (χ2v) is 3.19. The lowest BCUT2D eigenvalue weighted by molar-refractivity contribution is 0.0693. The Bertz CT molecular complexity index is 399. The molecule has 0 aliphatic carbocycles. The average Bonchev–Trinajstić information content (AvgIpc) is 2.28. The molecule has 1 aromatic carbocycles. The van der Waals surface area contributed by atoms with Gasteiger partial charge in [0.25, 0.3) is 0 Å². The van der Waals surface area contributed by atoms with Gasteiger partial charge in [-0.15, -0.1) is 0 Å². The summed E-state index contributed by atoms with van der Waals surface area (Å²) in [6.45, 7) is 0.691. The summed E-state index contributed by atoms with van der Waals surface area (Å²) in [7, 11) is 3.29. The van der Waals surface area contributed by atoms with Crippen LogP contribution in [0.25, 0.3) is 6.08 Å². The van der Waals surface area contributed by atoms with Crippen LogP contribution in [-0.2, 0) is 0 Å². The number of aromatic carboxylic acids is 1. The number of hydrogen-bond donors (Lipinski definition) is 2. The minimum atomic E-state index is -0.985. The van der Waals surface area contributed by atoms with Crippen LogP contribution in [0.5, 0.6) is 5.75 Å². The van der Waals surface area contributed by atoms with Crippen molar-refractivity contribution in [3.05, 3.63) is 35.4 Å². The van der Waals surface area contributed by atoms with Crippen molar-refractivity contribution in [2.75, 3.05) is 20.7 Å². The molecule has 4 nitrogen and oxygen atoms in total. The first-order valence-electron chi connectivity index (χ1n) is 4.92. The first kappa shape index (κ1) is 12.3. The van der Waals surface area contributed by atoms with Crippen molar-refractivity contribution in [1.29, 1.82) is 0 Å². The Labute approximate surface area is 94.6 Å². The molecule has 0 saturated heterocycles. The molecule has 0 bridgehead atoms. The summed E-state index contributed by atoms with van der Waals surface area (Å²) in [4.78, 5) is 11.1. The quantitative estimate of drug-likeness (QED) is 0.793. The van der Waals surface area contributed by atoms with Crippen LogP contribution >= 0.6 is 0 Å². The molecule has 0 fully saturated rings. The van der Waals surface area contributed by atoms with Gasteiger partial charge in [0.2, 0.25) is 0 Å². The van der Waals surface area contributed by atoms with Crippen LogP contribution in [0.2, 0.25) is 0 Å². The predicted molar refractivity (Wildman–Crippen MR) is 62.9 cm³/mol. The van der Waals surface area contributed by atoms with Crippen molar-refractivity contribution in [2.45, 2.75) is 0 Å². The Hall–Kier alpha value is -1.81.